The molecule has 0 atom stereocenters. The molecular weight excluding hydrogens is 346 g/mol. The van der Waals surface area contributed by atoms with Gasteiger partial charge < -0.3 is 15.8 Å². The van der Waals surface area contributed by atoms with E-state index in [2.05, 4.69) is 25.6 Å². The molecule has 1 saturated carbocycles. The van der Waals surface area contributed by atoms with Crippen molar-refractivity contribution in [3.8, 4) is 11.4 Å². The highest BCUT2D eigenvalue weighted by Gasteiger charge is 2.25. The average Bonchev–Trinajstić information content (AvgIpc) is 3.12. The van der Waals surface area contributed by atoms with Crippen LogP contribution in [0.2, 0.25) is 0 Å². The highest BCUT2D eigenvalue weighted by atomic mass is 16.5. The Kier molecular flexibility index (Phi) is 4.57. The van der Waals surface area contributed by atoms with Crippen LogP contribution in [0.4, 0.5) is 5.95 Å². The van der Waals surface area contributed by atoms with Crippen LogP contribution in [0.3, 0.4) is 0 Å². The second-order valence-corrected chi connectivity index (χ2v) is 6.70. The number of nitrogens with zero attached hydrogens (tertiary/aromatic N) is 5. The maximum Gasteiger partial charge on any atom is 0.225 e. The highest BCUT2D eigenvalue weighted by molar-refractivity contribution is 5.76. The first-order valence-corrected chi connectivity index (χ1v) is 8.93. The van der Waals surface area contributed by atoms with Crippen molar-refractivity contribution < 1.29 is 9.53 Å². The number of amides is 1. The van der Waals surface area contributed by atoms with E-state index < -0.39 is 0 Å². The molecule has 2 aromatic heterocycles. The van der Waals surface area contributed by atoms with Crippen molar-refractivity contribution in [1.29, 1.82) is 0 Å². The minimum Gasteiger partial charge on any atom is -0.497 e. The monoisotopic (exact) mass is 367 g/mol. The molecule has 1 fully saturated rings. The van der Waals surface area contributed by atoms with Crippen molar-refractivity contribution in [2.45, 2.75) is 31.7 Å². The van der Waals surface area contributed by atoms with Gasteiger partial charge in [-0.15, -0.1) is 5.10 Å². The number of benzene rings is 1. The van der Waals surface area contributed by atoms with Gasteiger partial charge in [-0.3, -0.25) is 4.79 Å². The molecule has 0 saturated heterocycles. The molecule has 0 radical (unpaired) electrons. The number of ether oxygens (including phenoxy) is 1. The lowest BCUT2D eigenvalue weighted by Gasteiger charge is -2.27. The van der Waals surface area contributed by atoms with Crippen molar-refractivity contribution in [3.63, 3.8) is 0 Å². The molecule has 1 aromatic carbocycles. The van der Waals surface area contributed by atoms with Crippen LogP contribution < -0.4 is 15.8 Å². The van der Waals surface area contributed by atoms with E-state index in [1.165, 1.54) is 0 Å². The molecule has 1 amide bonds. The van der Waals surface area contributed by atoms with Crippen LogP contribution in [0.5, 0.6) is 5.75 Å². The van der Waals surface area contributed by atoms with Gasteiger partial charge in [0.1, 0.15) is 5.75 Å². The van der Waals surface area contributed by atoms with Crippen LogP contribution >= 0.6 is 0 Å². The molecule has 140 valence electrons. The predicted octanol–water partition coefficient (Wildman–Crippen LogP) is 1.68. The van der Waals surface area contributed by atoms with Crippen molar-refractivity contribution in [3.05, 3.63) is 30.5 Å². The molecule has 9 nitrogen and oxygen atoms in total. The number of anilines is 1. The van der Waals surface area contributed by atoms with Gasteiger partial charge in [-0.2, -0.15) is 9.67 Å². The number of hydrogen-bond acceptors (Lipinski definition) is 7. The number of carbonyl (C=O) groups excluding carboxylic acids is 1. The lowest BCUT2D eigenvalue weighted by atomic mass is 9.86. The molecule has 0 bridgehead atoms. The first-order valence-electron chi connectivity index (χ1n) is 8.93. The number of nitrogens with one attached hydrogen (secondary N) is 1. The summed E-state index contributed by atoms with van der Waals surface area (Å²) in [5.74, 6) is 1.07. The quantitative estimate of drug-likeness (QED) is 0.703. The molecular formula is C18H21N7O2. The Morgan fingerprint density at radius 2 is 1.96 bits per heavy atom. The zero-order chi connectivity index (χ0) is 18.8. The molecule has 0 aliphatic heterocycles. The Morgan fingerprint density at radius 3 is 2.63 bits per heavy atom. The topological polar surface area (TPSA) is 121 Å². The van der Waals surface area contributed by atoms with Crippen LogP contribution in [0.15, 0.2) is 30.5 Å². The Labute approximate surface area is 155 Å². The Bertz CT molecular complexity index is 946. The molecule has 0 unspecified atom stereocenters. The Morgan fingerprint density at radius 1 is 1.22 bits per heavy atom. The van der Waals surface area contributed by atoms with Crippen LogP contribution in [0.1, 0.15) is 25.7 Å². The van der Waals surface area contributed by atoms with Crippen LogP contribution in [-0.2, 0) is 4.79 Å². The van der Waals surface area contributed by atoms with E-state index in [0.29, 0.717) is 17.1 Å². The molecule has 0 spiro atoms. The van der Waals surface area contributed by atoms with Crippen LogP contribution in [-0.4, -0.2) is 44.0 Å². The van der Waals surface area contributed by atoms with Gasteiger partial charge >= 0.3 is 0 Å². The van der Waals surface area contributed by atoms with E-state index in [-0.39, 0.29) is 17.9 Å². The van der Waals surface area contributed by atoms with E-state index in [1.54, 1.807) is 18.0 Å². The zero-order valence-electron chi connectivity index (χ0n) is 15.0. The van der Waals surface area contributed by atoms with E-state index in [0.717, 1.165) is 37.1 Å². The van der Waals surface area contributed by atoms with E-state index >= 15 is 0 Å². The number of primary amides is 1. The highest BCUT2D eigenvalue weighted by Crippen LogP contribution is 2.26. The SMILES string of the molecule is COc1ccc(-n2nnc3cnc(N[C@H]4CC[C@H](C(N)=O)CC4)nc32)cc1. The van der Waals surface area contributed by atoms with Gasteiger partial charge in [0.2, 0.25) is 11.9 Å². The van der Waals surface area contributed by atoms with Crippen molar-refractivity contribution >= 4 is 23.0 Å². The summed E-state index contributed by atoms with van der Waals surface area (Å²) in [6.07, 6.45) is 4.98. The molecule has 27 heavy (non-hydrogen) atoms. The lowest BCUT2D eigenvalue weighted by molar-refractivity contribution is -0.122. The summed E-state index contributed by atoms with van der Waals surface area (Å²) < 4.78 is 6.86. The second-order valence-electron chi connectivity index (χ2n) is 6.70. The smallest absolute Gasteiger partial charge is 0.225 e. The van der Waals surface area contributed by atoms with E-state index in [4.69, 9.17) is 10.5 Å². The predicted molar refractivity (Wildman–Crippen MR) is 99.6 cm³/mol. The third-order valence-corrected chi connectivity index (χ3v) is 4.97. The largest absolute Gasteiger partial charge is 0.497 e. The normalized spacial score (nSPS) is 19.7. The van der Waals surface area contributed by atoms with Gasteiger partial charge in [-0.1, -0.05) is 5.21 Å². The second kappa shape index (κ2) is 7.18. The summed E-state index contributed by atoms with van der Waals surface area (Å²) in [4.78, 5) is 20.2. The minimum absolute atomic E-state index is 0.0212. The van der Waals surface area contributed by atoms with E-state index in [9.17, 15) is 4.79 Å². The molecule has 1 aliphatic rings. The van der Waals surface area contributed by atoms with E-state index in [1.807, 2.05) is 24.3 Å². The summed E-state index contributed by atoms with van der Waals surface area (Å²) in [5.41, 5.74) is 7.48. The number of carbonyl (C=O) groups is 1. The summed E-state index contributed by atoms with van der Waals surface area (Å²) in [7, 11) is 1.63. The van der Waals surface area contributed by atoms with Gasteiger partial charge in [-0.25, -0.2) is 4.98 Å². The first kappa shape index (κ1) is 17.2. The maximum absolute atomic E-state index is 11.3. The zero-order valence-corrected chi connectivity index (χ0v) is 15.0. The fourth-order valence-corrected chi connectivity index (χ4v) is 3.40. The molecule has 3 aromatic rings. The third-order valence-electron chi connectivity index (χ3n) is 4.97. The van der Waals surface area contributed by atoms with Gasteiger partial charge in [0.15, 0.2) is 11.2 Å². The van der Waals surface area contributed by atoms with Gasteiger partial charge in [-0.05, 0) is 49.9 Å². The van der Waals surface area contributed by atoms with Crippen molar-refractivity contribution in [2.24, 2.45) is 11.7 Å². The summed E-state index contributed by atoms with van der Waals surface area (Å²) >= 11 is 0. The number of hydrogen-bond donors (Lipinski definition) is 2. The number of nitrogens with two attached hydrogens (primary N) is 1. The van der Waals surface area contributed by atoms with Gasteiger partial charge in [0, 0.05) is 12.0 Å². The number of methoxy groups -OCH3 is 1. The standard InChI is InChI=1S/C18H21N7O2/c1-27-14-8-6-13(7-9-14)25-17-15(23-24-25)10-20-18(22-17)21-12-4-2-11(3-5-12)16(19)26/h6-12H,2-5H2,1H3,(H2,19,26)(H,20,21,22)/t11-,12-. The molecule has 9 heteroatoms. The first-order chi connectivity index (χ1) is 13.1. The fourth-order valence-electron chi connectivity index (χ4n) is 3.40. The van der Waals surface area contributed by atoms with Crippen LogP contribution in [0.25, 0.3) is 16.9 Å². The van der Waals surface area contributed by atoms with Crippen LogP contribution in [0, 0.1) is 5.92 Å². The Balaban J connectivity index is 1.54. The van der Waals surface area contributed by atoms with Crippen molar-refractivity contribution in [1.82, 2.24) is 25.0 Å². The average molecular weight is 367 g/mol. The van der Waals surface area contributed by atoms with Crippen molar-refractivity contribution in [2.75, 3.05) is 12.4 Å². The minimum atomic E-state index is -0.208. The number of aromatic nitrogens is 5. The summed E-state index contributed by atoms with van der Waals surface area (Å²) in [6.45, 7) is 0. The number of fused-ring (bicyclic) bond motifs is 1. The summed E-state index contributed by atoms with van der Waals surface area (Å²) in [6, 6.07) is 7.74. The molecule has 4 rings (SSSR count). The molecule has 1 aliphatic carbocycles. The Hall–Kier alpha value is -3.23. The third kappa shape index (κ3) is 3.53. The lowest BCUT2D eigenvalue weighted by Crippen LogP contribution is -2.32. The molecule has 3 N–H and O–H groups in total. The fraction of sp³-hybridized carbons (Fsp3) is 0.389. The van der Waals surface area contributed by atoms with Gasteiger partial charge in [0.25, 0.3) is 0 Å². The maximum atomic E-state index is 11.3. The summed E-state index contributed by atoms with van der Waals surface area (Å²) in [5, 5.41) is 11.7. The number of rotatable bonds is 5. The van der Waals surface area contributed by atoms with Gasteiger partial charge in [0.05, 0.1) is 19.0 Å². The molecule has 2 heterocycles.